The van der Waals surface area contributed by atoms with E-state index in [0.717, 1.165) is 32.1 Å². The number of amides is 1. The van der Waals surface area contributed by atoms with Gasteiger partial charge in [-0.15, -0.1) is 0 Å². The van der Waals surface area contributed by atoms with Crippen LogP contribution in [0.15, 0.2) is 11.6 Å². The van der Waals surface area contributed by atoms with Crippen LogP contribution in [0, 0.1) is 34.5 Å². The van der Waals surface area contributed by atoms with Crippen LogP contribution in [0.25, 0.3) is 0 Å². The van der Waals surface area contributed by atoms with Gasteiger partial charge in [0.25, 0.3) is 0 Å². The first-order valence-electron chi connectivity index (χ1n) is 10.0. The maximum atomic E-state index is 12.5. The van der Waals surface area contributed by atoms with Crippen molar-refractivity contribution in [2.45, 2.75) is 58.4 Å². The molecule has 0 aromatic heterocycles. The van der Waals surface area contributed by atoms with Crippen LogP contribution in [-0.4, -0.2) is 46.0 Å². The van der Waals surface area contributed by atoms with E-state index in [-0.39, 0.29) is 22.8 Å². The summed E-state index contributed by atoms with van der Waals surface area (Å²) in [6, 6.07) is 0.0829. The van der Waals surface area contributed by atoms with Crippen LogP contribution in [0.1, 0.15) is 52.4 Å². The molecule has 4 rings (SSSR count). The highest BCUT2D eigenvalue weighted by Crippen LogP contribution is 2.65. The van der Waals surface area contributed by atoms with Gasteiger partial charge < -0.3 is 15.1 Å². The number of likely N-dealkylation sites (tertiary alicyclic amines) is 1. The van der Waals surface area contributed by atoms with Crippen molar-refractivity contribution in [3.63, 3.8) is 0 Å². The lowest BCUT2D eigenvalue weighted by molar-refractivity contribution is -0.174. The molecule has 3 fully saturated rings. The number of carbonyl (C=O) groups is 3. The normalized spacial score (nSPS) is 46.2. The Bertz CT molecular complexity index is 745. The SMILES string of the molecule is CN1C(=O)C(C(=O)O)C[C@@]2(C)C1CC[C@@H]1[C@H]2CC[C@]2(C)C(C(=O)O)=CC[C@@H]12. The smallest absolute Gasteiger partial charge is 0.331 e. The zero-order chi connectivity index (χ0) is 19.7. The summed E-state index contributed by atoms with van der Waals surface area (Å²) in [7, 11) is 1.76. The summed E-state index contributed by atoms with van der Waals surface area (Å²) >= 11 is 0. The van der Waals surface area contributed by atoms with E-state index in [2.05, 4.69) is 13.8 Å². The van der Waals surface area contributed by atoms with Gasteiger partial charge in [-0.1, -0.05) is 19.9 Å². The fraction of sp³-hybridized carbons (Fsp3) is 0.762. The number of allylic oxidation sites excluding steroid dienone is 1. The predicted molar refractivity (Wildman–Crippen MR) is 97.8 cm³/mol. The molecule has 3 aliphatic carbocycles. The maximum absolute atomic E-state index is 12.5. The van der Waals surface area contributed by atoms with E-state index >= 15 is 0 Å². The van der Waals surface area contributed by atoms with Crippen molar-refractivity contribution < 1.29 is 24.6 Å². The Labute approximate surface area is 159 Å². The number of aliphatic carboxylic acids is 2. The van der Waals surface area contributed by atoms with Crippen molar-refractivity contribution in [2.75, 3.05) is 7.05 Å². The average molecular weight is 375 g/mol. The van der Waals surface area contributed by atoms with E-state index in [1.165, 1.54) is 0 Å². The number of carboxylic acid groups (broad SMARTS) is 2. The fourth-order valence-corrected chi connectivity index (χ4v) is 7.38. The van der Waals surface area contributed by atoms with Crippen LogP contribution in [0.5, 0.6) is 0 Å². The number of nitrogens with zero attached hydrogens (tertiary/aromatic N) is 1. The van der Waals surface area contributed by atoms with Gasteiger partial charge in [0.15, 0.2) is 0 Å². The number of piperidine rings is 1. The van der Waals surface area contributed by atoms with Gasteiger partial charge in [0.05, 0.1) is 0 Å². The Kier molecular flexibility index (Phi) is 3.99. The van der Waals surface area contributed by atoms with Crippen LogP contribution >= 0.6 is 0 Å². The van der Waals surface area contributed by atoms with Gasteiger partial charge in [0.2, 0.25) is 5.91 Å². The number of carboxylic acids is 2. The van der Waals surface area contributed by atoms with Gasteiger partial charge in [-0.05, 0) is 61.7 Å². The quantitative estimate of drug-likeness (QED) is 0.724. The molecular weight excluding hydrogens is 346 g/mol. The van der Waals surface area contributed by atoms with Crippen molar-refractivity contribution in [2.24, 2.45) is 34.5 Å². The van der Waals surface area contributed by atoms with E-state index in [4.69, 9.17) is 0 Å². The summed E-state index contributed by atoms with van der Waals surface area (Å²) in [5.41, 5.74) is 0.0679. The van der Waals surface area contributed by atoms with E-state index in [1.54, 1.807) is 11.9 Å². The zero-order valence-corrected chi connectivity index (χ0v) is 16.3. The molecule has 7 atom stereocenters. The lowest BCUT2D eigenvalue weighted by atomic mass is 9.46. The van der Waals surface area contributed by atoms with Crippen molar-refractivity contribution in [1.82, 2.24) is 4.90 Å². The number of carbonyl (C=O) groups excluding carboxylic acids is 1. The van der Waals surface area contributed by atoms with Gasteiger partial charge in [-0.3, -0.25) is 9.59 Å². The Hall–Kier alpha value is -1.85. The average Bonchev–Trinajstić information content (AvgIpc) is 2.95. The minimum atomic E-state index is -1.02. The summed E-state index contributed by atoms with van der Waals surface area (Å²) in [4.78, 5) is 37.7. The third-order valence-electron chi connectivity index (χ3n) is 8.69. The molecule has 4 aliphatic rings. The van der Waals surface area contributed by atoms with Gasteiger partial charge in [-0.25, -0.2) is 4.79 Å². The summed E-state index contributed by atoms with van der Waals surface area (Å²) in [6.07, 6.45) is 6.72. The molecule has 0 radical (unpaired) electrons. The molecular formula is C21H29NO5. The fourth-order valence-electron chi connectivity index (χ4n) is 7.38. The van der Waals surface area contributed by atoms with Crippen LogP contribution in [0.3, 0.4) is 0 Å². The van der Waals surface area contributed by atoms with E-state index in [0.29, 0.717) is 29.7 Å². The number of rotatable bonds is 2. The first-order chi connectivity index (χ1) is 12.6. The number of hydrogen-bond acceptors (Lipinski definition) is 3. The molecule has 2 saturated carbocycles. The Balaban J connectivity index is 1.67. The molecule has 148 valence electrons. The monoisotopic (exact) mass is 375 g/mol. The van der Waals surface area contributed by atoms with Crippen molar-refractivity contribution in [3.05, 3.63) is 11.6 Å². The highest BCUT2D eigenvalue weighted by molar-refractivity contribution is 5.97. The third-order valence-corrected chi connectivity index (χ3v) is 8.69. The second-order valence-corrected chi connectivity index (χ2v) is 9.63. The lowest BCUT2D eigenvalue weighted by Crippen LogP contribution is -2.64. The molecule has 1 aliphatic heterocycles. The van der Waals surface area contributed by atoms with Crippen LogP contribution in [0.4, 0.5) is 0 Å². The molecule has 27 heavy (non-hydrogen) atoms. The van der Waals surface area contributed by atoms with Crippen LogP contribution in [-0.2, 0) is 14.4 Å². The molecule has 0 spiro atoms. The molecule has 1 amide bonds. The van der Waals surface area contributed by atoms with Crippen molar-refractivity contribution >= 4 is 17.8 Å². The van der Waals surface area contributed by atoms with E-state index in [1.807, 2.05) is 6.08 Å². The van der Waals surface area contributed by atoms with Gasteiger partial charge in [0.1, 0.15) is 5.92 Å². The standard InChI is InChI=1S/C21H29NO5/c1-20-9-8-14-11(13(20)5-6-15(20)19(26)27)4-7-16-21(14,2)10-12(18(24)25)17(23)22(16)3/h6,11-14,16H,4-5,7-10H2,1-3H3,(H,24,25)(H,26,27)/t11-,12?,13-,14+,16?,20-,21+/m0/s1. The molecule has 6 nitrogen and oxygen atoms in total. The third kappa shape index (κ3) is 2.34. The van der Waals surface area contributed by atoms with E-state index in [9.17, 15) is 24.6 Å². The van der Waals surface area contributed by atoms with Crippen LogP contribution < -0.4 is 0 Å². The van der Waals surface area contributed by atoms with E-state index < -0.39 is 17.9 Å². The lowest BCUT2D eigenvalue weighted by Gasteiger charge is -2.62. The highest BCUT2D eigenvalue weighted by atomic mass is 16.4. The molecule has 2 unspecified atom stereocenters. The minimum Gasteiger partial charge on any atom is -0.481 e. The van der Waals surface area contributed by atoms with Gasteiger partial charge in [-0.2, -0.15) is 0 Å². The first kappa shape index (κ1) is 18.5. The summed E-state index contributed by atoms with van der Waals surface area (Å²) < 4.78 is 0. The van der Waals surface area contributed by atoms with Crippen molar-refractivity contribution in [1.29, 1.82) is 0 Å². The van der Waals surface area contributed by atoms with Gasteiger partial charge in [0, 0.05) is 24.1 Å². The number of fused-ring (bicyclic) bond motifs is 5. The van der Waals surface area contributed by atoms with Gasteiger partial charge >= 0.3 is 11.9 Å². The largest absolute Gasteiger partial charge is 0.481 e. The molecule has 1 heterocycles. The Morgan fingerprint density at radius 2 is 1.85 bits per heavy atom. The Morgan fingerprint density at radius 1 is 1.15 bits per heavy atom. The molecule has 0 aromatic carbocycles. The Morgan fingerprint density at radius 3 is 2.48 bits per heavy atom. The predicted octanol–water partition coefficient (Wildman–Crippen LogP) is 2.78. The molecule has 0 bridgehead atoms. The molecule has 0 aromatic rings. The molecule has 6 heteroatoms. The maximum Gasteiger partial charge on any atom is 0.331 e. The zero-order valence-electron chi connectivity index (χ0n) is 16.3. The molecule has 2 N–H and O–H groups in total. The van der Waals surface area contributed by atoms with Crippen LogP contribution in [0.2, 0.25) is 0 Å². The second kappa shape index (κ2) is 5.82. The first-order valence-corrected chi connectivity index (χ1v) is 10.0. The number of hydrogen-bond donors (Lipinski definition) is 2. The van der Waals surface area contributed by atoms with Crippen molar-refractivity contribution in [3.8, 4) is 0 Å². The topological polar surface area (TPSA) is 94.9 Å². The summed E-state index contributed by atoms with van der Waals surface area (Å²) in [5, 5.41) is 19.2. The second-order valence-electron chi connectivity index (χ2n) is 9.63. The minimum absolute atomic E-state index is 0.0829. The highest BCUT2D eigenvalue weighted by Gasteiger charge is 2.62. The summed E-state index contributed by atoms with van der Waals surface area (Å²) in [5.74, 6) is -2.00. The summed E-state index contributed by atoms with van der Waals surface area (Å²) in [6.45, 7) is 4.28. The molecule has 1 saturated heterocycles.